The molecular formula is C9H14N2O3. The van der Waals surface area contributed by atoms with E-state index in [2.05, 4.69) is 4.98 Å². The summed E-state index contributed by atoms with van der Waals surface area (Å²) < 4.78 is 0. The third-order valence-corrected chi connectivity index (χ3v) is 2.12. The first-order valence-electron chi connectivity index (χ1n) is 4.29. The molecule has 0 saturated carbocycles. The third-order valence-electron chi connectivity index (χ3n) is 2.12. The standard InChI is InChI=1S/C9H14N2O3/c1-9(10,2-3-12)6-4-7(13)11-8(14)5-6/h4-5,12H,2-3,10H2,1H3,(H2,11,13,14)/t9-/m1/s1. The van der Waals surface area contributed by atoms with E-state index in [1.54, 1.807) is 6.92 Å². The molecule has 0 aromatic carbocycles. The van der Waals surface area contributed by atoms with Gasteiger partial charge in [-0.3, -0.25) is 9.78 Å². The highest BCUT2D eigenvalue weighted by Crippen LogP contribution is 2.21. The summed E-state index contributed by atoms with van der Waals surface area (Å²) in [6, 6.07) is 2.70. The Morgan fingerprint density at radius 3 is 2.71 bits per heavy atom. The Labute approximate surface area is 81.2 Å². The van der Waals surface area contributed by atoms with Gasteiger partial charge in [0.25, 0.3) is 5.56 Å². The third kappa shape index (κ3) is 2.34. The minimum atomic E-state index is -0.805. The van der Waals surface area contributed by atoms with Gasteiger partial charge in [0, 0.05) is 24.3 Å². The van der Waals surface area contributed by atoms with Crippen molar-refractivity contribution in [3.63, 3.8) is 0 Å². The van der Waals surface area contributed by atoms with Gasteiger partial charge in [0.1, 0.15) is 0 Å². The van der Waals surface area contributed by atoms with Gasteiger partial charge < -0.3 is 15.9 Å². The van der Waals surface area contributed by atoms with Crippen molar-refractivity contribution in [1.82, 2.24) is 4.98 Å². The molecule has 1 heterocycles. The highest BCUT2D eigenvalue weighted by atomic mass is 16.3. The number of aromatic hydroxyl groups is 1. The lowest BCUT2D eigenvalue weighted by molar-refractivity contribution is 0.247. The average Bonchev–Trinajstić information content (AvgIpc) is 2.02. The van der Waals surface area contributed by atoms with E-state index in [-0.39, 0.29) is 12.5 Å². The summed E-state index contributed by atoms with van der Waals surface area (Å²) in [7, 11) is 0. The van der Waals surface area contributed by atoms with Crippen LogP contribution in [0.15, 0.2) is 16.9 Å². The zero-order valence-corrected chi connectivity index (χ0v) is 7.95. The van der Waals surface area contributed by atoms with Crippen molar-refractivity contribution in [3.05, 3.63) is 28.0 Å². The van der Waals surface area contributed by atoms with Gasteiger partial charge in [-0.1, -0.05) is 0 Å². The highest BCUT2D eigenvalue weighted by Gasteiger charge is 2.21. The van der Waals surface area contributed by atoms with Crippen molar-refractivity contribution in [3.8, 4) is 5.88 Å². The van der Waals surface area contributed by atoms with E-state index in [0.29, 0.717) is 12.0 Å². The van der Waals surface area contributed by atoms with Crippen molar-refractivity contribution in [1.29, 1.82) is 0 Å². The Balaban J connectivity index is 3.12. The number of rotatable bonds is 3. The van der Waals surface area contributed by atoms with Gasteiger partial charge in [-0.05, 0) is 18.9 Å². The van der Waals surface area contributed by atoms with Gasteiger partial charge in [0.2, 0.25) is 0 Å². The zero-order valence-electron chi connectivity index (χ0n) is 7.95. The lowest BCUT2D eigenvalue weighted by Gasteiger charge is -2.23. The molecule has 1 aromatic rings. The van der Waals surface area contributed by atoms with Crippen molar-refractivity contribution in [2.24, 2.45) is 5.73 Å². The number of hydrogen-bond donors (Lipinski definition) is 4. The van der Waals surface area contributed by atoms with Crippen molar-refractivity contribution in [2.45, 2.75) is 18.9 Å². The van der Waals surface area contributed by atoms with Gasteiger partial charge in [0.15, 0.2) is 5.88 Å². The van der Waals surface area contributed by atoms with Crippen molar-refractivity contribution >= 4 is 0 Å². The molecule has 0 spiro atoms. The van der Waals surface area contributed by atoms with Crippen LogP contribution in [0.25, 0.3) is 0 Å². The highest BCUT2D eigenvalue weighted by molar-refractivity contribution is 5.26. The number of nitrogens with two attached hydrogens (primary N) is 1. The van der Waals surface area contributed by atoms with Crippen LogP contribution < -0.4 is 11.3 Å². The summed E-state index contributed by atoms with van der Waals surface area (Å²) in [6.07, 6.45) is 0.329. The first-order chi connectivity index (χ1) is 6.45. The maximum absolute atomic E-state index is 11.0. The molecule has 78 valence electrons. The molecule has 0 aliphatic heterocycles. The summed E-state index contributed by atoms with van der Waals surface area (Å²) in [5.41, 5.74) is 5.16. The van der Waals surface area contributed by atoms with Gasteiger partial charge in [-0.25, -0.2) is 0 Å². The normalized spacial score (nSPS) is 15.1. The van der Waals surface area contributed by atoms with E-state index in [0.717, 1.165) is 0 Å². The first kappa shape index (κ1) is 10.7. The maximum atomic E-state index is 11.0. The summed E-state index contributed by atoms with van der Waals surface area (Å²) in [5, 5.41) is 17.9. The molecule has 0 unspecified atom stereocenters. The number of nitrogens with one attached hydrogen (secondary N) is 1. The molecule has 14 heavy (non-hydrogen) atoms. The molecule has 0 aliphatic rings. The van der Waals surface area contributed by atoms with Gasteiger partial charge in [-0.15, -0.1) is 0 Å². The quantitative estimate of drug-likeness (QED) is 0.532. The molecule has 0 amide bonds. The molecular weight excluding hydrogens is 184 g/mol. The van der Waals surface area contributed by atoms with Crippen LogP contribution in [0.2, 0.25) is 0 Å². The minimum Gasteiger partial charge on any atom is -0.495 e. The molecule has 1 rings (SSSR count). The van der Waals surface area contributed by atoms with Gasteiger partial charge in [-0.2, -0.15) is 0 Å². The molecule has 5 N–H and O–H groups in total. The fraction of sp³-hybridized carbons (Fsp3) is 0.444. The predicted octanol–water partition coefficient (Wildman–Crippen LogP) is -0.363. The number of aromatic amines is 1. The monoisotopic (exact) mass is 198 g/mol. The molecule has 1 aromatic heterocycles. The van der Waals surface area contributed by atoms with Crippen LogP contribution in [0.3, 0.4) is 0 Å². The fourth-order valence-electron chi connectivity index (χ4n) is 1.23. The molecule has 5 heteroatoms. The summed E-state index contributed by atoms with van der Waals surface area (Å²) in [6.45, 7) is 1.62. The maximum Gasteiger partial charge on any atom is 0.251 e. The summed E-state index contributed by atoms with van der Waals surface area (Å²) in [5.74, 6) is -0.220. The van der Waals surface area contributed by atoms with Crippen LogP contribution in [0, 0.1) is 0 Å². The van der Waals surface area contributed by atoms with E-state index in [9.17, 15) is 4.79 Å². The largest absolute Gasteiger partial charge is 0.495 e. The van der Waals surface area contributed by atoms with E-state index in [1.807, 2.05) is 0 Å². The van der Waals surface area contributed by atoms with E-state index in [4.69, 9.17) is 15.9 Å². The lowest BCUT2D eigenvalue weighted by atomic mass is 9.91. The zero-order chi connectivity index (χ0) is 10.8. The predicted molar refractivity (Wildman–Crippen MR) is 52.0 cm³/mol. The van der Waals surface area contributed by atoms with Gasteiger partial charge >= 0.3 is 0 Å². The number of aliphatic hydroxyl groups is 1. The topological polar surface area (TPSA) is 99.3 Å². The van der Waals surface area contributed by atoms with Gasteiger partial charge in [0.05, 0.1) is 0 Å². The number of pyridine rings is 1. The molecule has 0 fully saturated rings. The number of hydrogen-bond acceptors (Lipinski definition) is 4. The first-order valence-corrected chi connectivity index (χ1v) is 4.29. The van der Waals surface area contributed by atoms with E-state index < -0.39 is 11.1 Å². The minimum absolute atomic E-state index is 0.0689. The Bertz CT molecular complexity index is 371. The Morgan fingerprint density at radius 1 is 1.57 bits per heavy atom. The van der Waals surface area contributed by atoms with Crippen LogP contribution in [-0.2, 0) is 5.54 Å². The Kier molecular flexibility index (Phi) is 2.93. The second kappa shape index (κ2) is 3.81. The Morgan fingerprint density at radius 2 is 2.21 bits per heavy atom. The SMILES string of the molecule is C[C@@](N)(CCO)c1cc(O)[nH]c(=O)c1. The Hall–Kier alpha value is -1.33. The molecule has 0 radical (unpaired) electrons. The van der Waals surface area contributed by atoms with Crippen LogP contribution in [0.1, 0.15) is 18.9 Å². The number of aliphatic hydroxyl groups excluding tert-OH is 1. The number of aromatic nitrogens is 1. The molecule has 0 bridgehead atoms. The average molecular weight is 198 g/mol. The second-order valence-electron chi connectivity index (χ2n) is 3.51. The van der Waals surface area contributed by atoms with Crippen LogP contribution >= 0.6 is 0 Å². The van der Waals surface area contributed by atoms with Crippen LogP contribution in [0.5, 0.6) is 5.88 Å². The second-order valence-corrected chi connectivity index (χ2v) is 3.51. The van der Waals surface area contributed by atoms with E-state index >= 15 is 0 Å². The molecule has 1 atom stereocenters. The summed E-state index contributed by atoms with van der Waals surface area (Å²) >= 11 is 0. The smallest absolute Gasteiger partial charge is 0.251 e. The molecule has 5 nitrogen and oxygen atoms in total. The number of H-pyrrole nitrogens is 1. The van der Waals surface area contributed by atoms with E-state index in [1.165, 1.54) is 12.1 Å². The summed E-state index contributed by atoms with van der Waals surface area (Å²) in [4.78, 5) is 13.2. The van der Waals surface area contributed by atoms with Crippen molar-refractivity contribution in [2.75, 3.05) is 6.61 Å². The van der Waals surface area contributed by atoms with Crippen LogP contribution in [0.4, 0.5) is 0 Å². The molecule has 0 saturated heterocycles. The van der Waals surface area contributed by atoms with Crippen molar-refractivity contribution < 1.29 is 10.2 Å². The fourth-order valence-corrected chi connectivity index (χ4v) is 1.23. The lowest BCUT2D eigenvalue weighted by Crippen LogP contribution is -2.35. The van der Waals surface area contributed by atoms with Crippen LogP contribution in [-0.4, -0.2) is 21.8 Å². The molecule has 0 aliphatic carbocycles.